The Morgan fingerprint density at radius 2 is 2.13 bits per heavy atom. The summed E-state index contributed by atoms with van der Waals surface area (Å²) in [5, 5.41) is 16.1. The minimum Gasteiger partial charge on any atom is -0.444 e. The van der Waals surface area contributed by atoms with Crippen molar-refractivity contribution in [2.75, 3.05) is 52.5 Å². The standard InChI is InChI=1S/C22H42N4O4.HI/c1-5-23-19(25-16-22(9-13-27)10-14-29-17-22)24-11-8-18-7-6-12-26(15-18)20(28)30-21(2,3)4;/h18,27H,5-17H2,1-4H3,(H2,23,24,25);1H. The number of piperidine rings is 1. The molecule has 9 heteroatoms. The highest BCUT2D eigenvalue weighted by Gasteiger charge is 2.34. The Bertz CT molecular complexity index is 562. The molecule has 0 aromatic rings. The zero-order chi connectivity index (χ0) is 22.0. The first-order valence-corrected chi connectivity index (χ1v) is 11.5. The van der Waals surface area contributed by atoms with Crippen LogP contribution in [0.3, 0.4) is 0 Å². The predicted molar refractivity (Wildman–Crippen MR) is 134 cm³/mol. The van der Waals surface area contributed by atoms with Crippen molar-refractivity contribution in [3.05, 3.63) is 0 Å². The molecular weight excluding hydrogens is 511 g/mol. The Labute approximate surface area is 204 Å². The lowest BCUT2D eigenvalue weighted by Gasteiger charge is -2.34. The van der Waals surface area contributed by atoms with Crippen LogP contribution in [0.1, 0.15) is 59.8 Å². The van der Waals surface area contributed by atoms with Gasteiger partial charge in [-0.25, -0.2) is 4.79 Å². The van der Waals surface area contributed by atoms with Gasteiger partial charge in [-0.1, -0.05) is 0 Å². The third kappa shape index (κ3) is 10.1. The Morgan fingerprint density at radius 3 is 2.74 bits per heavy atom. The van der Waals surface area contributed by atoms with Gasteiger partial charge in [-0.05, 0) is 65.7 Å². The molecule has 0 radical (unpaired) electrons. The van der Waals surface area contributed by atoms with Gasteiger partial charge in [0.1, 0.15) is 5.60 Å². The molecule has 0 aromatic heterocycles. The Hall–Kier alpha value is -0.810. The van der Waals surface area contributed by atoms with Gasteiger partial charge in [-0.2, -0.15) is 0 Å². The molecule has 2 unspecified atom stereocenters. The monoisotopic (exact) mass is 554 g/mol. The van der Waals surface area contributed by atoms with Crippen LogP contribution in [0.4, 0.5) is 4.79 Å². The maximum atomic E-state index is 12.4. The van der Waals surface area contributed by atoms with Gasteiger partial charge in [0.2, 0.25) is 0 Å². The van der Waals surface area contributed by atoms with Crippen LogP contribution in [0.2, 0.25) is 0 Å². The molecule has 2 saturated heterocycles. The number of rotatable bonds is 8. The molecule has 0 spiro atoms. The minimum absolute atomic E-state index is 0. The zero-order valence-corrected chi connectivity index (χ0v) is 22.1. The van der Waals surface area contributed by atoms with Crippen LogP contribution < -0.4 is 10.6 Å². The lowest BCUT2D eigenvalue weighted by atomic mass is 9.84. The summed E-state index contributed by atoms with van der Waals surface area (Å²) in [6.07, 6.45) is 4.59. The lowest BCUT2D eigenvalue weighted by molar-refractivity contribution is 0.0162. The number of amides is 1. The molecule has 2 aliphatic rings. The number of hydrogen-bond acceptors (Lipinski definition) is 5. The zero-order valence-electron chi connectivity index (χ0n) is 19.7. The second-order valence-corrected chi connectivity index (χ2v) is 9.62. The summed E-state index contributed by atoms with van der Waals surface area (Å²) in [7, 11) is 0. The SMILES string of the molecule is CCNC(=NCC1(CCO)CCOC1)NCCC1CCCN(C(=O)OC(C)(C)C)C1.I. The number of hydrogen-bond donors (Lipinski definition) is 3. The van der Waals surface area contributed by atoms with Crippen molar-refractivity contribution >= 4 is 36.0 Å². The Balaban J connectivity index is 0.00000480. The number of ether oxygens (including phenoxy) is 2. The highest BCUT2D eigenvalue weighted by atomic mass is 127. The number of likely N-dealkylation sites (tertiary alicyclic amines) is 1. The van der Waals surface area contributed by atoms with Crippen LogP contribution in [-0.4, -0.2) is 80.2 Å². The molecule has 182 valence electrons. The second kappa shape index (κ2) is 13.7. The van der Waals surface area contributed by atoms with Gasteiger partial charge < -0.3 is 30.1 Å². The third-order valence-corrected chi connectivity index (χ3v) is 5.76. The number of nitrogens with zero attached hydrogens (tertiary/aromatic N) is 2. The number of aliphatic hydroxyl groups excluding tert-OH is 1. The largest absolute Gasteiger partial charge is 0.444 e. The van der Waals surface area contributed by atoms with Crippen molar-refractivity contribution in [2.45, 2.75) is 65.4 Å². The van der Waals surface area contributed by atoms with E-state index in [9.17, 15) is 9.90 Å². The van der Waals surface area contributed by atoms with Crippen molar-refractivity contribution in [1.82, 2.24) is 15.5 Å². The molecule has 3 N–H and O–H groups in total. The fourth-order valence-electron chi connectivity index (χ4n) is 4.06. The molecule has 2 fully saturated rings. The molecule has 1 amide bonds. The van der Waals surface area contributed by atoms with E-state index in [1.807, 2.05) is 25.7 Å². The van der Waals surface area contributed by atoms with Crippen molar-refractivity contribution in [2.24, 2.45) is 16.3 Å². The fraction of sp³-hybridized carbons (Fsp3) is 0.909. The summed E-state index contributed by atoms with van der Waals surface area (Å²) in [6, 6.07) is 0. The summed E-state index contributed by atoms with van der Waals surface area (Å²) in [4.78, 5) is 19.0. The van der Waals surface area contributed by atoms with Crippen LogP contribution >= 0.6 is 24.0 Å². The molecule has 2 heterocycles. The molecule has 31 heavy (non-hydrogen) atoms. The predicted octanol–water partition coefficient (Wildman–Crippen LogP) is 2.99. The molecule has 8 nitrogen and oxygen atoms in total. The first kappa shape index (κ1) is 28.2. The molecule has 2 rings (SSSR count). The molecular formula is C22H43IN4O4. The van der Waals surface area contributed by atoms with E-state index >= 15 is 0 Å². The van der Waals surface area contributed by atoms with E-state index in [0.717, 1.165) is 70.8 Å². The van der Waals surface area contributed by atoms with Crippen LogP contribution in [0.5, 0.6) is 0 Å². The van der Waals surface area contributed by atoms with Crippen molar-refractivity contribution in [3.63, 3.8) is 0 Å². The Morgan fingerprint density at radius 1 is 1.35 bits per heavy atom. The third-order valence-electron chi connectivity index (χ3n) is 5.76. The second-order valence-electron chi connectivity index (χ2n) is 9.62. The fourth-order valence-corrected chi connectivity index (χ4v) is 4.06. The van der Waals surface area contributed by atoms with E-state index in [1.165, 1.54) is 0 Å². The quantitative estimate of drug-likeness (QED) is 0.243. The molecule has 2 aliphatic heterocycles. The van der Waals surface area contributed by atoms with Crippen molar-refractivity contribution in [1.29, 1.82) is 0 Å². The van der Waals surface area contributed by atoms with Gasteiger partial charge >= 0.3 is 6.09 Å². The van der Waals surface area contributed by atoms with Crippen LogP contribution in [0.15, 0.2) is 4.99 Å². The summed E-state index contributed by atoms with van der Waals surface area (Å²) in [5.41, 5.74) is -0.505. The molecule has 0 aromatic carbocycles. The number of aliphatic imine (C=N–C) groups is 1. The van der Waals surface area contributed by atoms with Crippen molar-refractivity contribution in [3.8, 4) is 0 Å². The molecule has 0 bridgehead atoms. The normalized spacial score (nSPS) is 24.5. The number of carbonyl (C=O) groups is 1. The molecule has 0 aliphatic carbocycles. The van der Waals surface area contributed by atoms with Gasteiger partial charge in [0.05, 0.1) is 13.2 Å². The van der Waals surface area contributed by atoms with E-state index in [0.29, 0.717) is 19.1 Å². The van der Waals surface area contributed by atoms with E-state index < -0.39 is 5.60 Å². The number of guanidine groups is 1. The first-order valence-electron chi connectivity index (χ1n) is 11.5. The van der Waals surface area contributed by atoms with Crippen LogP contribution in [0, 0.1) is 11.3 Å². The van der Waals surface area contributed by atoms with Crippen LogP contribution in [0.25, 0.3) is 0 Å². The summed E-state index contributed by atoms with van der Waals surface area (Å²) >= 11 is 0. The maximum Gasteiger partial charge on any atom is 0.410 e. The number of nitrogens with one attached hydrogen (secondary N) is 2. The van der Waals surface area contributed by atoms with Gasteiger partial charge in [-0.15, -0.1) is 24.0 Å². The smallest absolute Gasteiger partial charge is 0.410 e. The van der Waals surface area contributed by atoms with Gasteiger partial charge in [0, 0.05) is 44.8 Å². The van der Waals surface area contributed by atoms with Crippen molar-refractivity contribution < 1.29 is 19.4 Å². The van der Waals surface area contributed by atoms with E-state index in [2.05, 4.69) is 17.6 Å². The number of aliphatic hydroxyl groups is 1. The number of halogens is 1. The summed E-state index contributed by atoms with van der Waals surface area (Å²) < 4.78 is 11.1. The first-order chi connectivity index (χ1) is 14.3. The van der Waals surface area contributed by atoms with Gasteiger partial charge in [-0.3, -0.25) is 4.99 Å². The highest BCUT2D eigenvalue weighted by Crippen LogP contribution is 2.32. The van der Waals surface area contributed by atoms with E-state index in [-0.39, 0.29) is 42.1 Å². The van der Waals surface area contributed by atoms with Crippen LogP contribution in [-0.2, 0) is 9.47 Å². The Kier molecular flexibility index (Phi) is 12.4. The lowest BCUT2D eigenvalue weighted by Crippen LogP contribution is -2.44. The summed E-state index contributed by atoms with van der Waals surface area (Å²) in [5.74, 6) is 1.27. The molecule has 0 saturated carbocycles. The average molecular weight is 555 g/mol. The number of carbonyl (C=O) groups excluding carboxylic acids is 1. The average Bonchev–Trinajstić information content (AvgIpc) is 3.14. The molecule has 2 atom stereocenters. The maximum absolute atomic E-state index is 12.4. The van der Waals surface area contributed by atoms with Gasteiger partial charge in [0.25, 0.3) is 0 Å². The topological polar surface area (TPSA) is 95.4 Å². The summed E-state index contributed by atoms with van der Waals surface area (Å²) in [6.45, 7) is 13.1. The van der Waals surface area contributed by atoms with Gasteiger partial charge in [0.15, 0.2) is 5.96 Å². The minimum atomic E-state index is -0.458. The van der Waals surface area contributed by atoms with E-state index in [1.54, 1.807) is 0 Å². The van der Waals surface area contributed by atoms with E-state index in [4.69, 9.17) is 14.5 Å². The highest BCUT2D eigenvalue weighted by molar-refractivity contribution is 14.0.